The summed E-state index contributed by atoms with van der Waals surface area (Å²) in [6.07, 6.45) is 16.3. The van der Waals surface area contributed by atoms with Crippen molar-refractivity contribution in [2.45, 2.75) is 83.8 Å². The number of fused-ring (bicyclic) bond motifs is 5. The fourth-order valence-electron chi connectivity index (χ4n) is 7.22. The van der Waals surface area contributed by atoms with Crippen molar-refractivity contribution in [1.82, 2.24) is 0 Å². The smallest absolute Gasteiger partial charge is 0.302 e. The van der Waals surface area contributed by atoms with Gasteiger partial charge in [-0.15, -0.1) is 6.42 Å². The fourth-order valence-corrected chi connectivity index (χ4v) is 7.22. The maximum Gasteiger partial charge on any atom is 0.302 e. The van der Waals surface area contributed by atoms with Crippen molar-refractivity contribution in [3.63, 3.8) is 0 Å². The van der Waals surface area contributed by atoms with Crippen LogP contribution in [0.25, 0.3) is 0 Å². The fraction of sp³-hybridized carbons (Fsp3) is 0.783. The molecule has 0 radical (unpaired) electrons. The minimum Gasteiger partial charge on any atom is -0.462 e. The first-order valence-electron chi connectivity index (χ1n) is 10.3. The molecule has 0 unspecified atom stereocenters. The van der Waals surface area contributed by atoms with Gasteiger partial charge >= 0.3 is 5.97 Å². The molecular weight excluding hydrogens is 324 g/mol. The lowest BCUT2D eigenvalue weighted by Gasteiger charge is -2.58. The maximum absolute atomic E-state index is 11.3. The summed E-state index contributed by atoms with van der Waals surface area (Å²) in [5, 5.41) is 11.1. The van der Waals surface area contributed by atoms with Crippen LogP contribution in [0.3, 0.4) is 0 Å². The lowest BCUT2D eigenvalue weighted by atomic mass is 9.47. The van der Waals surface area contributed by atoms with Crippen LogP contribution >= 0.6 is 0 Å². The average molecular weight is 357 g/mol. The molecule has 1 N–H and O–H groups in total. The Morgan fingerprint density at radius 1 is 1.23 bits per heavy atom. The van der Waals surface area contributed by atoms with E-state index >= 15 is 0 Å². The van der Waals surface area contributed by atoms with Gasteiger partial charge in [0.05, 0.1) is 0 Å². The van der Waals surface area contributed by atoms with E-state index in [1.165, 1.54) is 12.5 Å². The molecule has 3 heteroatoms. The summed E-state index contributed by atoms with van der Waals surface area (Å²) in [6, 6.07) is 0. The monoisotopic (exact) mass is 356 g/mol. The highest BCUT2D eigenvalue weighted by molar-refractivity contribution is 5.66. The molecule has 26 heavy (non-hydrogen) atoms. The Hall–Kier alpha value is -1.27. The number of rotatable bonds is 1. The van der Waals surface area contributed by atoms with Gasteiger partial charge in [0.25, 0.3) is 0 Å². The second-order valence-corrected chi connectivity index (χ2v) is 9.73. The number of allylic oxidation sites excluding steroid dienone is 1. The topological polar surface area (TPSA) is 46.5 Å². The molecule has 0 saturated heterocycles. The van der Waals surface area contributed by atoms with Crippen molar-refractivity contribution < 1.29 is 14.6 Å². The molecule has 7 atom stereocenters. The van der Waals surface area contributed by atoms with Gasteiger partial charge in [-0.05, 0) is 68.1 Å². The van der Waals surface area contributed by atoms with Crippen LogP contribution in [-0.2, 0) is 9.53 Å². The van der Waals surface area contributed by atoms with Gasteiger partial charge < -0.3 is 9.84 Å². The summed E-state index contributed by atoms with van der Waals surface area (Å²) >= 11 is 0. The Bertz CT molecular complexity index is 688. The number of esters is 1. The van der Waals surface area contributed by atoms with Crippen molar-refractivity contribution in [2.75, 3.05) is 0 Å². The second-order valence-electron chi connectivity index (χ2n) is 9.73. The first-order valence-corrected chi connectivity index (χ1v) is 10.3. The zero-order valence-electron chi connectivity index (χ0n) is 16.4. The quantitative estimate of drug-likeness (QED) is 0.434. The molecule has 0 bridgehead atoms. The van der Waals surface area contributed by atoms with Gasteiger partial charge in [0.2, 0.25) is 0 Å². The molecule has 142 valence electrons. The highest BCUT2D eigenvalue weighted by atomic mass is 16.5. The Morgan fingerprint density at radius 3 is 2.65 bits per heavy atom. The summed E-state index contributed by atoms with van der Waals surface area (Å²) < 4.78 is 5.51. The minimum atomic E-state index is -0.930. The average Bonchev–Trinajstić information content (AvgIpc) is 2.87. The van der Waals surface area contributed by atoms with E-state index in [2.05, 4.69) is 25.8 Å². The van der Waals surface area contributed by atoms with Crippen molar-refractivity contribution in [3.05, 3.63) is 11.6 Å². The van der Waals surface area contributed by atoms with Gasteiger partial charge in [-0.25, -0.2) is 0 Å². The normalized spacial score (nSPS) is 49.9. The summed E-state index contributed by atoms with van der Waals surface area (Å²) in [4.78, 5) is 11.3. The van der Waals surface area contributed by atoms with E-state index in [0.717, 1.165) is 51.4 Å². The van der Waals surface area contributed by atoms with Crippen LogP contribution in [0.1, 0.15) is 72.1 Å². The first kappa shape index (κ1) is 18.1. The molecule has 0 amide bonds. The molecule has 0 aliphatic heterocycles. The van der Waals surface area contributed by atoms with E-state index in [9.17, 15) is 9.90 Å². The van der Waals surface area contributed by atoms with Crippen LogP contribution in [0.2, 0.25) is 0 Å². The third-order valence-corrected chi connectivity index (χ3v) is 8.78. The van der Waals surface area contributed by atoms with E-state index in [0.29, 0.717) is 17.8 Å². The van der Waals surface area contributed by atoms with E-state index in [1.807, 2.05) is 0 Å². The van der Waals surface area contributed by atoms with Crippen LogP contribution in [0.4, 0.5) is 0 Å². The van der Waals surface area contributed by atoms with Crippen molar-refractivity contribution in [3.8, 4) is 12.3 Å². The van der Waals surface area contributed by atoms with E-state index < -0.39 is 5.60 Å². The molecule has 3 nitrogen and oxygen atoms in total. The Balaban J connectivity index is 1.61. The first-order chi connectivity index (χ1) is 12.2. The summed E-state index contributed by atoms with van der Waals surface area (Å²) in [5.74, 6) is 4.39. The van der Waals surface area contributed by atoms with Gasteiger partial charge in [0.15, 0.2) is 0 Å². The number of terminal acetylenes is 1. The lowest BCUT2D eigenvalue weighted by molar-refractivity contribution is -0.149. The van der Waals surface area contributed by atoms with E-state index in [1.54, 1.807) is 0 Å². The molecular formula is C23H32O3. The van der Waals surface area contributed by atoms with Crippen LogP contribution in [0, 0.1) is 40.9 Å². The highest BCUT2D eigenvalue weighted by Gasteiger charge is 2.63. The van der Waals surface area contributed by atoms with Crippen LogP contribution < -0.4 is 0 Å². The SMILES string of the molecule is C#C[C@]1(O)CC[C@H]2[C@@H]3CC=C4C[C@H](OC(C)=O)CC[C@]4(C)[C@H]3CC[C@@]21C. The number of carbonyl (C=O) groups is 1. The van der Waals surface area contributed by atoms with Crippen molar-refractivity contribution in [1.29, 1.82) is 0 Å². The van der Waals surface area contributed by atoms with Crippen molar-refractivity contribution >= 4 is 5.97 Å². The van der Waals surface area contributed by atoms with E-state index in [-0.39, 0.29) is 22.9 Å². The Kier molecular flexibility index (Phi) is 4.08. The predicted octanol–water partition coefficient (Wildman–Crippen LogP) is 4.25. The molecule has 0 aromatic rings. The van der Waals surface area contributed by atoms with Crippen molar-refractivity contribution in [2.24, 2.45) is 28.6 Å². The zero-order chi connectivity index (χ0) is 18.7. The molecule has 4 rings (SSSR count). The molecule has 0 aromatic carbocycles. The number of aliphatic hydroxyl groups is 1. The molecule has 0 spiro atoms. The van der Waals surface area contributed by atoms with Gasteiger partial charge in [-0.3, -0.25) is 4.79 Å². The second kappa shape index (κ2) is 5.86. The summed E-state index contributed by atoms with van der Waals surface area (Å²) in [5.41, 5.74) is 0.655. The number of ether oxygens (including phenoxy) is 1. The van der Waals surface area contributed by atoms with Crippen LogP contribution in [0.5, 0.6) is 0 Å². The van der Waals surface area contributed by atoms with Crippen LogP contribution in [-0.4, -0.2) is 22.8 Å². The molecule has 4 aliphatic rings. The number of carbonyl (C=O) groups excluding carboxylic acids is 1. The molecule has 3 saturated carbocycles. The zero-order valence-corrected chi connectivity index (χ0v) is 16.4. The number of hydrogen-bond donors (Lipinski definition) is 1. The number of hydrogen-bond acceptors (Lipinski definition) is 3. The Morgan fingerprint density at radius 2 is 1.96 bits per heavy atom. The van der Waals surface area contributed by atoms with Gasteiger partial charge in [-0.1, -0.05) is 31.4 Å². The molecule has 4 aliphatic carbocycles. The third kappa shape index (κ3) is 2.34. The summed E-state index contributed by atoms with van der Waals surface area (Å²) in [7, 11) is 0. The highest BCUT2D eigenvalue weighted by Crippen LogP contribution is 2.67. The van der Waals surface area contributed by atoms with Crippen LogP contribution in [0.15, 0.2) is 11.6 Å². The standard InChI is InChI=1S/C23H32O3/c1-5-23(25)13-10-20-18-7-6-16-14-17(26-15(2)24)8-11-21(16,3)19(18)9-12-22(20,23)4/h1,6,17-20,25H,7-14H2,2-4H3/t17-,18-,19+,20+,21+,22+,23+/m1/s1. The largest absolute Gasteiger partial charge is 0.462 e. The lowest BCUT2D eigenvalue weighted by Crippen LogP contribution is -2.54. The van der Waals surface area contributed by atoms with Gasteiger partial charge in [0.1, 0.15) is 11.7 Å². The summed E-state index contributed by atoms with van der Waals surface area (Å²) in [6.45, 7) is 6.18. The Labute approximate surface area is 157 Å². The van der Waals surface area contributed by atoms with E-state index in [4.69, 9.17) is 11.2 Å². The van der Waals surface area contributed by atoms with Gasteiger partial charge in [-0.2, -0.15) is 0 Å². The molecule has 0 heterocycles. The van der Waals surface area contributed by atoms with Gasteiger partial charge in [0, 0.05) is 18.8 Å². The molecule has 0 aromatic heterocycles. The third-order valence-electron chi connectivity index (χ3n) is 8.78. The minimum absolute atomic E-state index is 0.0512. The molecule has 3 fully saturated rings. The maximum atomic E-state index is 11.3. The predicted molar refractivity (Wildman–Crippen MR) is 101 cm³/mol.